The lowest BCUT2D eigenvalue weighted by molar-refractivity contribution is -0.870. The molecular weight excluding hydrogens is 549 g/mol. The smallest absolute Gasteiger partial charge is 0.460 e. The third-order valence-corrected chi connectivity index (χ3v) is 12.9. The van der Waals surface area contributed by atoms with Gasteiger partial charge in [0.2, 0.25) is 0 Å². The number of carbonyl (C=O) groups excluding carboxylic acids is 1. The number of nitrogens with zero attached hydrogens (tertiary/aromatic N) is 1. The van der Waals surface area contributed by atoms with Crippen LogP contribution in [0.4, 0.5) is 0 Å². The first-order valence-corrected chi connectivity index (χ1v) is 18.3. The summed E-state index contributed by atoms with van der Waals surface area (Å²) < 4.78 is 28.5. The summed E-state index contributed by atoms with van der Waals surface area (Å²) in [4.78, 5) is 22.5. The molecule has 0 radical (unpaired) electrons. The number of likely N-dealkylation sites (N-methyl/N-ethyl adjacent to an activating group) is 1. The van der Waals surface area contributed by atoms with Crippen LogP contribution in [0, 0.1) is 46.3 Å². The summed E-state index contributed by atoms with van der Waals surface area (Å²) in [7, 11) is 1.60. The Bertz CT molecular complexity index is 1020. The van der Waals surface area contributed by atoms with E-state index in [-0.39, 0.29) is 18.1 Å². The number of phosphoric acid groups is 1. The van der Waals surface area contributed by atoms with Gasteiger partial charge >= 0.3 is 13.8 Å². The van der Waals surface area contributed by atoms with E-state index < -0.39 is 20.4 Å². The molecule has 4 aliphatic carbocycles. The van der Waals surface area contributed by atoms with Crippen LogP contribution in [-0.4, -0.2) is 62.4 Å². The Kier molecular flexibility index (Phi) is 10.8. The molecule has 3 saturated carbocycles. The van der Waals surface area contributed by atoms with E-state index in [2.05, 4.69) is 40.7 Å². The molecule has 0 amide bonds. The molecule has 8 heteroatoms. The van der Waals surface area contributed by atoms with Gasteiger partial charge in [0.05, 0.1) is 21.1 Å². The van der Waals surface area contributed by atoms with Crippen molar-refractivity contribution in [1.29, 1.82) is 0 Å². The Balaban J connectivity index is 1.31. The molecule has 7 nitrogen and oxygen atoms in total. The molecule has 4 aliphatic rings. The molecule has 242 valence electrons. The highest BCUT2D eigenvalue weighted by Gasteiger charge is 2.59. The molecule has 1 unspecified atom stereocenters. The minimum absolute atomic E-state index is 0.0713. The van der Waals surface area contributed by atoms with Gasteiger partial charge in [-0.1, -0.05) is 65.5 Å². The number of ether oxygens (including phenoxy) is 1. The Morgan fingerprint density at radius 3 is 2.48 bits per heavy atom. The third-order valence-electron chi connectivity index (χ3n) is 11.9. The zero-order valence-electron chi connectivity index (χ0n) is 27.9. The van der Waals surface area contributed by atoms with E-state index in [0.29, 0.717) is 16.4 Å². The van der Waals surface area contributed by atoms with Crippen LogP contribution < -0.4 is 0 Å². The van der Waals surface area contributed by atoms with Gasteiger partial charge in [-0.2, -0.15) is 0 Å². The van der Waals surface area contributed by atoms with E-state index in [4.69, 9.17) is 13.8 Å². The van der Waals surface area contributed by atoms with Crippen molar-refractivity contribution in [2.75, 3.05) is 40.9 Å². The average Bonchev–Trinajstić information content (AvgIpc) is 3.24. The molecule has 0 aliphatic heterocycles. The van der Waals surface area contributed by atoms with Crippen LogP contribution in [0.3, 0.4) is 0 Å². The predicted octanol–water partition coefficient (Wildman–Crippen LogP) is 7.78. The Morgan fingerprint density at radius 1 is 1.05 bits per heavy atom. The number of quaternary nitrogens is 1. The average molecular weight is 611 g/mol. The number of carbonyl (C=O) groups is 1. The quantitative estimate of drug-likeness (QED) is 0.0993. The van der Waals surface area contributed by atoms with Crippen molar-refractivity contribution in [3.63, 3.8) is 0 Å². The van der Waals surface area contributed by atoms with Gasteiger partial charge in [0, 0.05) is 6.42 Å². The van der Waals surface area contributed by atoms with Gasteiger partial charge in [0.1, 0.15) is 19.3 Å². The lowest BCUT2D eigenvalue weighted by atomic mass is 9.47. The van der Waals surface area contributed by atoms with Gasteiger partial charge in [-0.25, -0.2) is 9.36 Å². The fraction of sp³-hybridized carbons (Fsp3) is 0.912. The first kappa shape index (κ1) is 34.2. The van der Waals surface area contributed by atoms with E-state index in [1.165, 1.54) is 50.5 Å². The molecule has 4 rings (SSSR count). The molecule has 0 saturated heterocycles. The van der Waals surface area contributed by atoms with Gasteiger partial charge in [-0.05, 0) is 91.3 Å². The minimum Gasteiger partial charge on any atom is -0.460 e. The molecular formula is C34H61NO6P+. The molecule has 1 N–H and O–H groups in total. The van der Waals surface area contributed by atoms with Crippen LogP contribution in [-0.2, 0) is 23.1 Å². The number of hydrogen-bond acceptors (Lipinski definition) is 5. The van der Waals surface area contributed by atoms with Crippen LogP contribution in [0.1, 0.15) is 105 Å². The number of esters is 1. The van der Waals surface area contributed by atoms with Gasteiger partial charge in [-0.3, -0.25) is 9.05 Å². The fourth-order valence-electron chi connectivity index (χ4n) is 9.57. The molecule has 42 heavy (non-hydrogen) atoms. The van der Waals surface area contributed by atoms with Crippen LogP contribution >= 0.6 is 7.82 Å². The summed E-state index contributed by atoms with van der Waals surface area (Å²) >= 11 is 0. The van der Waals surface area contributed by atoms with Gasteiger partial charge in [-0.15, -0.1) is 0 Å². The first-order valence-electron chi connectivity index (χ1n) is 16.9. The summed E-state index contributed by atoms with van der Waals surface area (Å²) in [6.45, 7) is 12.4. The van der Waals surface area contributed by atoms with Gasteiger partial charge in [0.25, 0.3) is 0 Å². The number of allylic oxidation sites excluding steroid dienone is 1. The van der Waals surface area contributed by atoms with Crippen LogP contribution in [0.25, 0.3) is 0 Å². The molecule has 0 aromatic carbocycles. The van der Waals surface area contributed by atoms with Crippen molar-refractivity contribution >= 4 is 13.8 Å². The minimum atomic E-state index is -4.29. The summed E-state index contributed by atoms with van der Waals surface area (Å²) in [6.07, 6.45) is 15.7. The second-order valence-corrected chi connectivity index (χ2v) is 17.7. The summed E-state index contributed by atoms with van der Waals surface area (Å²) in [5.74, 6) is 4.21. The van der Waals surface area contributed by atoms with Crippen molar-refractivity contribution in [2.24, 2.45) is 46.3 Å². The Hall–Kier alpha value is -0.720. The van der Waals surface area contributed by atoms with Crippen LogP contribution in [0.2, 0.25) is 0 Å². The van der Waals surface area contributed by atoms with Crippen molar-refractivity contribution in [2.45, 2.75) is 111 Å². The monoisotopic (exact) mass is 610 g/mol. The SMILES string of the molecule is CC(C)CCC[C@@H](C)[C@H]1CC[C@H]2[C@@H]3CC=C4C[C@@H](OC(=O)COP(=O)(O)OCC[N+](C)(C)C)CC[C@]4(C)[C@H]3CC[C@]12C. The zero-order chi connectivity index (χ0) is 30.9. The lowest BCUT2D eigenvalue weighted by Crippen LogP contribution is -2.51. The maximum absolute atomic E-state index is 12.5. The standard InChI is InChI=1S/C34H60NO6P/c1-24(2)10-9-11-25(3)29-14-15-30-28-13-12-26-22-27(16-18-33(26,4)31(28)17-19-34(29,30)5)41-32(36)23-40-42(37,38)39-21-20-35(6,7)8/h12,24-25,27-31H,9-11,13-23H2,1-8H3/p+1/t25-,27+,28+,29-,30+,31+,33+,34-/m1/s1. The Morgan fingerprint density at radius 2 is 1.79 bits per heavy atom. The van der Waals surface area contributed by atoms with E-state index >= 15 is 0 Å². The highest BCUT2D eigenvalue weighted by molar-refractivity contribution is 7.47. The molecule has 0 aromatic rings. The first-order chi connectivity index (χ1) is 19.5. The van der Waals surface area contributed by atoms with Crippen molar-refractivity contribution < 1.29 is 32.5 Å². The second-order valence-electron chi connectivity index (χ2n) is 16.2. The highest BCUT2D eigenvalue weighted by atomic mass is 31.2. The van der Waals surface area contributed by atoms with E-state index in [0.717, 1.165) is 61.2 Å². The summed E-state index contributed by atoms with van der Waals surface area (Å²) in [5.41, 5.74) is 2.13. The Labute approximate surface area is 256 Å². The number of rotatable bonds is 13. The largest absolute Gasteiger partial charge is 0.472 e. The van der Waals surface area contributed by atoms with E-state index in [1.54, 1.807) is 0 Å². The maximum Gasteiger partial charge on any atom is 0.472 e. The molecule has 0 spiro atoms. The third kappa shape index (κ3) is 7.91. The second kappa shape index (κ2) is 13.3. The number of hydrogen-bond donors (Lipinski definition) is 1. The zero-order valence-corrected chi connectivity index (χ0v) is 28.8. The highest BCUT2D eigenvalue weighted by Crippen LogP contribution is 2.67. The normalized spacial score (nSPS) is 36.8. The molecule has 0 aromatic heterocycles. The molecule has 0 bridgehead atoms. The lowest BCUT2D eigenvalue weighted by Gasteiger charge is -2.58. The van der Waals surface area contributed by atoms with E-state index in [9.17, 15) is 14.3 Å². The maximum atomic E-state index is 12.5. The molecule has 0 heterocycles. The van der Waals surface area contributed by atoms with Crippen molar-refractivity contribution in [3.05, 3.63) is 11.6 Å². The number of phosphoric ester groups is 1. The summed E-state index contributed by atoms with van der Waals surface area (Å²) in [6, 6.07) is 0. The molecule has 3 fully saturated rings. The topological polar surface area (TPSA) is 82.1 Å². The van der Waals surface area contributed by atoms with E-state index in [1.807, 2.05) is 21.1 Å². The molecule has 9 atom stereocenters. The summed E-state index contributed by atoms with van der Waals surface area (Å²) in [5, 5.41) is 0. The predicted molar refractivity (Wildman–Crippen MR) is 168 cm³/mol. The van der Waals surface area contributed by atoms with Crippen molar-refractivity contribution in [1.82, 2.24) is 0 Å². The van der Waals surface area contributed by atoms with Crippen LogP contribution in [0.15, 0.2) is 11.6 Å². The number of fused-ring (bicyclic) bond motifs is 5. The van der Waals surface area contributed by atoms with Crippen molar-refractivity contribution in [3.8, 4) is 0 Å². The fourth-order valence-corrected chi connectivity index (χ4v) is 10.2. The van der Waals surface area contributed by atoms with Gasteiger partial charge in [0.15, 0.2) is 6.61 Å². The van der Waals surface area contributed by atoms with Gasteiger partial charge < -0.3 is 14.1 Å². The van der Waals surface area contributed by atoms with Crippen LogP contribution in [0.5, 0.6) is 0 Å².